The monoisotopic (exact) mass is 366 g/mol. The highest BCUT2D eigenvalue weighted by molar-refractivity contribution is 5.97. The zero-order valence-corrected chi connectivity index (χ0v) is 14.7. The highest BCUT2D eigenvalue weighted by atomic mass is 19.4. The number of hydrogen-bond acceptors (Lipinski definition) is 3. The Morgan fingerprint density at radius 2 is 1.88 bits per heavy atom. The van der Waals surface area contributed by atoms with Crippen molar-refractivity contribution in [2.24, 2.45) is 11.8 Å². The predicted octanol–water partition coefficient (Wildman–Crippen LogP) is 2.93. The van der Waals surface area contributed by atoms with Crippen LogP contribution in [0.5, 0.6) is 0 Å². The van der Waals surface area contributed by atoms with Crippen molar-refractivity contribution in [3.63, 3.8) is 0 Å². The van der Waals surface area contributed by atoms with E-state index in [4.69, 9.17) is 0 Å². The molecule has 0 unspecified atom stereocenters. The van der Waals surface area contributed by atoms with Crippen molar-refractivity contribution >= 4 is 16.9 Å². The van der Waals surface area contributed by atoms with Gasteiger partial charge in [0, 0.05) is 37.8 Å². The number of rotatable bonds is 2. The van der Waals surface area contributed by atoms with Crippen LogP contribution in [-0.4, -0.2) is 46.5 Å². The fraction of sp³-hybridized carbons (Fsp3) is 0.556. The summed E-state index contributed by atoms with van der Waals surface area (Å²) in [4.78, 5) is 18.4. The van der Waals surface area contributed by atoms with Gasteiger partial charge in [-0.15, -0.1) is 0 Å². The molecule has 3 heterocycles. The Bertz CT molecular complexity index is 846. The second-order valence-corrected chi connectivity index (χ2v) is 7.49. The molecule has 2 aliphatic rings. The predicted molar refractivity (Wildman–Crippen MR) is 90.9 cm³/mol. The summed E-state index contributed by atoms with van der Waals surface area (Å²) in [5, 5.41) is 3.32. The second kappa shape index (κ2) is 5.97. The topological polar surface area (TPSA) is 50.2 Å². The van der Waals surface area contributed by atoms with Crippen LogP contribution in [0.3, 0.4) is 0 Å². The Balaban J connectivity index is 1.68. The highest BCUT2D eigenvalue weighted by Gasteiger charge is 2.40. The Labute approximate surface area is 149 Å². The number of alkyl halides is 3. The standard InChI is InChI=1S/C18H21F3N4O/c1-10(2)25-15-4-3-11(5-14(15)23-17(25)18(19,20)21)16(26)24-8-12-6-22-7-13(12)9-24/h3-5,10,12-13,22H,6-9H2,1-2H3/t12-,13+. The summed E-state index contributed by atoms with van der Waals surface area (Å²) in [5.41, 5.74) is 0.997. The van der Waals surface area contributed by atoms with Crippen LogP contribution in [0.4, 0.5) is 13.2 Å². The molecular weight excluding hydrogens is 345 g/mol. The number of halogens is 3. The maximum Gasteiger partial charge on any atom is 0.449 e. The highest BCUT2D eigenvalue weighted by Crippen LogP contribution is 2.34. The van der Waals surface area contributed by atoms with E-state index in [1.165, 1.54) is 10.6 Å². The molecule has 0 bridgehead atoms. The first kappa shape index (κ1) is 17.3. The summed E-state index contributed by atoms with van der Waals surface area (Å²) in [7, 11) is 0. The van der Waals surface area contributed by atoms with Crippen LogP contribution in [0, 0.1) is 11.8 Å². The van der Waals surface area contributed by atoms with E-state index in [2.05, 4.69) is 10.3 Å². The summed E-state index contributed by atoms with van der Waals surface area (Å²) >= 11 is 0. The maximum absolute atomic E-state index is 13.3. The van der Waals surface area contributed by atoms with E-state index in [0.717, 1.165) is 13.1 Å². The molecule has 8 heteroatoms. The molecule has 2 atom stereocenters. The van der Waals surface area contributed by atoms with Gasteiger partial charge in [-0.2, -0.15) is 13.2 Å². The summed E-state index contributed by atoms with van der Waals surface area (Å²) in [6.45, 7) is 6.60. The molecule has 1 aromatic heterocycles. The molecule has 1 N–H and O–H groups in total. The van der Waals surface area contributed by atoms with Crippen molar-refractivity contribution in [1.29, 1.82) is 0 Å². The summed E-state index contributed by atoms with van der Waals surface area (Å²) in [6, 6.07) is 4.28. The lowest BCUT2D eigenvalue weighted by atomic mass is 10.0. The fourth-order valence-electron chi connectivity index (χ4n) is 4.16. The third kappa shape index (κ3) is 2.76. The molecule has 26 heavy (non-hydrogen) atoms. The molecule has 2 aromatic rings. The number of carbonyl (C=O) groups is 1. The lowest BCUT2D eigenvalue weighted by Gasteiger charge is -2.18. The van der Waals surface area contributed by atoms with Crippen LogP contribution < -0.4 is 5.32 Å². The zero-order chi connectivity index (χ0) is 18.6. The van der Waals surface area contributed by atoms with Crippen LogP contribution in [0.15, 0.2) is 18.2 Å². The summed E-state index contributed by atoms with van der Waals surface area (Å²) < 4.78 is 41.1. The second-order valence-electron chi connectivity index (χ2n) is 7.49. The lowest BCUT2D eigenvalue weighted by Crippen LogP contribution is -2.31. The van der Waals surface area contributed by atoms with E-state index >= 15 is 0 Å². The third-order valence-corrected chi connectivity index (χ3v) is 5.38. The quantitative estimate of drug-likeness (QED) is 0.889. The van der Waals surface area contributed by atoms with E-state index in [1.54, 1.807) is 30.9 Å². The molecule has 2 saturated heterocycles. The SMILES string of the molecule is CC(C)n1c(C(F)(F)F)nc2cc(C(=O)N3C[C@H]4CNC[C@H]4C3)ccc21. The van der Waals surface area contributed by atoms with Crippen molar-refractivity contribution in [2.75, 3.05) is 26.2 Å². The lowest BCUT2D eigenvalue weighted by molar-refractivity contribution is -0.147. The van der Waals surface area contributed by atoms with Gasteiger partial charge in [-0.3, -0.25) is 4.79 Å². The Kier molecular flexibility index (Phi) is 3.98. The fourth-order valence-corrected chi connectivity index (χ4v) is 4.16. The number of carbonyl (C=O) groups excluding carboxylic acids is 1. The molecule has 1 amide bonds. The third-order valence-electron chi connectivity index (χ3n) is 5.38. The van der Waals surface area contributed by atoms with Crippen molar-refractivity contribution in [3.05, 3.63) is 29.6 Å². The van der Waals surface area contributed by atoms with Gasteiger partial charge in [0.1, 0.15) is 0 Å². The molecule has 0 saturated carbocycles. The number of fused-ring (bicyclic) bond motifs is 2. The number of benzene rings is 1. The Hall–Kier alpha value is -2.09. The molecule has 5 nitrogen and oxygen atoms in total. The zero-order valence-electron chi connectivity index (χ0n) is 14.7. The van der Waals surface area contributed by atoms with E-state index < -0.39 is 12.0 Å². The van der Waals surface area contributed by atoms with Gasteiger partial charge in [0.05, 0.1) is 11.0 Å². The largest absolute Gasteiger partial charge is 0.449 e. The first-order chi connectivity index (χ1) is 12.3. The minimum Gasteiger partial charge on any atom is -0.338 e. The van der Waals surface area contributed by atoms with E-state index in [9.17, 15) is 18.0 Å². The van der Waals surface area contributed by atoms with Crippen molar-refractivity contribution in [3.8, 4) is 0 Å². The maximum atomic E-state index is 13.3. The normalized spacial score (nSPS) is 23.2. The van der Waals surface area contributed by atoms with Crippen LogP contribution in [-0.2, 0) is 6.18 Å². The van der Waals surface area contributed by atoms with Gasteiger partial charge < -0.3 is 14.8 Å². The summed E-state index contributed by atoms with van der Waals surface area (Å²) in [6.07, 6.45) is -4.53. The van der Waals surface area contributed by atoms with Crippen molar-refractivity contribution in [2.45, 2.75) is 26.1 Å². The molecule has 0 aliphatic carbocycles. The molecule has 2 aliphatic heterocycles. The van der Waals surface area contributed by atoms with Crippen LogP contribution in [0.25, 0.3) is 11.0 Å². The summed E-state index contributed by atoms with van der Waals surface area (Å²) in [5.74, 6) is -0.109. The van der Waals surface area contributed by atoms with Gasteiger partial charge in [0.25, 0.3) is 5.91 Å². The number of imidazole rings is 1. The minimum absolute atomic E-state index is 0.131. The number of likely N-dealkylation sites (tertiary alicyclic amines) is 1. The number of nitrogens with zero attached hydrogens (tertiary/aromatic N) is 3. The Morgan fingerprint density at radius 3 is 2.46 bits per heavy atom. The van der Waals surface area contributed by atoms with Gasteiger partial charge in [-0.05, 0) is 43.9 Å². The molecule has 2 fully saturated rings. The molecule has 4 rings (SSSR count). The van der Waals surface area contributed by atoms with Crippen LogP contribution in [0.2, 0.25) is 0 Å². The van der Waals surface area contributed by atoms with Crippen molar-refractivity contribution < 1.29 is 18.0 Å². The van der Waals surface area contributed by atoms with Gasteiger partial charge >= 0.3 is 6.18 Å². The van der Waals surface area contributed by atoms with Gasteiger partial charge in [0.15, 0.2) is 0 Å². The van der Waals surface area contributed by atoms with Crippen LogP contribution in [0.1, 0.15) is 36.1 Å². The van der Waals surface area contributed by atoms with Gasteiger partial charge in [-0.25, -0.2) is 4.98 Å². The van der Waals surface area contributed by atoms with E-state index in [1.807, 2.05) is 0 Å². The smallest absolute Gasteiger partial charge is 0.338 e. The number of nitrogens with one attached hydrogen (secondary N) is 1. The first-order valence-electron chi connectivity index (χ1n) is 8.85. The Morgan fingerprint density at radius 1 is 1.23 bits per heavy atom. The molecular formula is C18H21F3N4O. The molecule has 1 aromatic carbocycles. The van der Waals surface area contributed by atoms with Crippen molar-refractivity contribution in [1.82, 2.24) is 19.8 Å². The van der Waals surface area contributed by atoms with Crippen LogP contribution >= 0.6 is 0 Å². The number of aromatic nitrogens is 2. The first-order valence-corrected chi connectivity index (χ1v) is 8.85. The molecule has 0 radical (unpaired) electrons. The molecule has 0 spiro atoms. The average Bonchev–Trinajstić information content (AvgIpc) is 3.24. The van der Waals surface area contributed by atoms with Gasteiger partial charge in [-0.1, -0.05) is 0 Å². The average molecular weight is 366 g/mol. The van der Waals surface area contributed by atoms with E-state index in [-0.39, 0.29) is 17.5 Å². The molecule has 140 valence electrons. The van der Waals surface area contributed by atoms with E-state index in [0.29, 0.717) is 36.0 Å². The number of amides is 1. The minimum atomic E-state index is -4.53. The van der Waals surface area contributed by atoms with Gasteiger partial charge in [0.2, 0.25) is 5.82 Å². The number of hydrogen-bond donors (Lipinski definition) is 1.